The Labute approximate surface area is 122 Å². The van der Waals surface area contributed by atoms with Gasteiger partial charge in [-0.3, -0.25) is 4.79 Å². The van der Waals surface area contributed by atoms with Crippen molar-refractivity contribution in [1.82, 2.24) is 0 Å². The van der Waals surface area contributed by atoms with Crippen molar-refractivity contribution in [3.63, 3.8) is 0 Å². The number of benzene rings is 1. The molecule has 1 aromatic carbocycles. The molecule has 0 fully saturated rings. The van der Waals surface area contributed by atoms with Crippen molar-refractivity contribution in [1.29, 1.82) is 5.26 Å². The van der Waals surface area contributed by atoms with Crippen LogP contribution in [0.5, 0.6) is 0 Å². The molecule has 0 aliphatic carbocycles. The van der Waals surface area contributed by atoms with E-state index >= 15 is 0 Å². The summed E-state index contributed by atoms with van der Waals surface area (Å²) in [6.07, 6.45) is 0.524. The van der Waals surface area contributed by atoms with Gasteiger partial charge < -0.3 is 10.5 Å². The molecule has 108 valence electrons. The summed E-state index contributed by atoms with van der Waals surface area (Å²) >= 11 is 1.58. The summed E-state index contributed by atoms with van der Waals surface area (Å²) in [4.78, 5) is 11.3. The topological polar surface area (TPSA) is 76.1 Å². The van der Waals surface area contributed by atoms with E-state index in [1.54, 1.807) is 24.8 Å². The highest BCUT2D eigenvalue weighted by atomic mass is 32.2. The van der Waals surface area contributed by atoms with Crippen molar-refractivity contribution in [2.45, 2.75) is 25.1 Å². The molecule has 0 amide bonds. The summed E-state index contributed by atoms with van der Waals surface area (Å²) < 4.78 is 17.9. The quantitative estimate of drug-likeness (QED) is 0.616. The lowest BCUT2D eigenvalue weighted by Crippen LogP contribution is -2.32. The first kappa shape index (κ1) is 16.5. The number of nitriles is 1. The molecule has 20 heavy (non-hydrogen) atoms. The second-order valence-corrected chi connectivity index (χ2v) is 5.23. The predicted octanol–water partition coefficient (Wildman–Crippen LogP) is 2.21. The van der Waals surface area contributed by atoms with Crippen LogP contribution in [0.3, 0.4) is 0 Å². The third-order valence-corrected chi connectivity index (χ3v) is 3.64. The standard InChI is InChI=1S/C14H17FN2O2S/c1-2-19-14(18)13(17)5-6-20-9-10-3-4-12(15)11(7-10)8-16/h3-4,7,13H,2,5-6,9,17H2,1H3. The number of hydrogen-bond acceptors (Lipinski definition) is 5. The number of thioether (sulfide) groups is 1. The van der Waals surface area contributed by atoms with Gasteiger partial charge in [0.05, 0.1) is 12.2 Å². The molecule has 0 saturated carbocycles. The smallest absolute Gasteiger partial charge is 0.322 e. The number of nitrogens with zero attached hydrogens (tertiary/aromatic N) is 1. The molecule has 1 aromatic rings. The zero-order valence-corrected chi connectivity index (χ0v) is 12.1. The van der Waals surface area contributed by atoms with Gasteiger partial charge in [0.2, 0.25) is 0 Å². The molecule has 0 heterocycles. The summed E-state index contributed by atoms with van der Waals surface area (Å²) in [5.74, 6) is 0.441. The predicted molar refractivity (Wildman–Crippen MR) is 76.5 cm³/mol. The molecule has 1 atom stereocenters. The first-order chi connectivity index (χ1) is 9.58. The van der Waals surface area contributed by atoms with Crippen LogP contribution in [0.15, 0.2) is 18.2 Å². The Bertz CT molecular complexity index is 502. The molecule has 4 nitrogen and oxygen atoms in total. The molecule has 1 rings (SSSR count). The lowest BCUT2D eigenvalue weighted by Gasteiger charge is -2.10. The monoisotopic (exact) mass is 296 g/mol. The van der Waals surface area contributed by atoms with Gasteiger partial charge in [0.25, 0.3) is 0 Å². The molecule has 0 radical (unpaired) electrons. The number of nitrogens with two attached hydrogens (primary N) is 1. The number of hydrogen-bond donors (Lipinski definition) is 1. The molecule has 0 aliphatic heterocycles. The van der Waals surface area contributed by atoms with E-state index in [4.69, 9.17) is 15.7 Å². The second kappa shape index (κ2) is 8.56. The molecule has 0 aliphatic rings. The minimum atomic E-state index is -0.606. The van der Waals surface area contributed by atoms with E-state index in [9.17, 15) is 9.18 Å². The molecule has 1 unspecified atom stereocenters. The van der Waals surface area contributed by atoms with Crippen molar-refractivity contribution in [2.24, 2.45) is 5.73 Å². The molecular formula is C14H17FN2O2S. The maximum atomic E-state index is 13.1. The Morgan fingerprint density at radius 2 is 2.35 bits per heavy atom. The summed E-state index contributed by atoms with van der Waals surface area (Å²) in [5, 5.41) is 8.73. The lowest BCUT2D eigenvalue weighted by atomic mass is 10.1. The van der Waals surface area contributed by atoms with Gasteiger partial charge in [-0.05, 0) is 36.8 Å². The average Bonchev–Trinajstić information content (AvgIpc) is 2.45. The maximum absolute atomic E-state index is 13.1. The highest BCUT2D eigenvalue weighted by molar-refractivity contribution is 7.98. The van der Waals surface area contributed by atoms with Gasteiger partial charge in [0, 0.05) is 5.75 Å². The Morgan fingerprint density at radius 1 is 1.60 bits per heavy atom. The number of carbonyl (C=O) groups excluding carboxylic acids is 1. The van der Waals surface area contributed by atoms with Crippen LogP contribution in [0, 0.1) is 17.1 Å². The molecule has 6 heteroatoms. The van der Waals surface area contributed by atoms with Crippen molar-refractivity contribution in [3.8, 4) is 6.07 Å². The maximum Gasteiger partial charge on any atom is 0.322 e. The summed E-state index contributed by atoms with van der Waals surface area (Å²) in [7, 11) is 0. The highest BCUT2D eigenvalue weighted by Crippen LogP contribution is 2.16. The van der Waals surface area contributed by atoms with Crippen LogP contribution in [-0.2, 0) is 15.3 Å². The fourth-order valence-corrected chi connectivity index (χ4v) is 2.50. The number of halogens is 1. The molecular weight excluding hydrogens is 279 g/mol. The van der Waals surface area contributed by atoms with Crippen molar-refractivity contribution in [3.05, 3.63) is 35.1 Å². The normalized spacial score (nSPS) is 11.7. The number of ether oxygens (including phenoxy) is 1. The van der Waals surface area contributed by atoms with Crippen LogP contribution < -0.4 is 5.73 Å². The van der Waals surface area contributed by atoms with Gasteiger partial charge in [0.1, 0.15) is 17.9 Å². The minimum absolute atomic E-state index is 0.0475. The number of esters is 1. The molecule has 0 aromatic heterocycles. The van der Waals surface area contributed by atoms with Crippen LogP contribution in [0.25, 0.3) is 0 Å². The molecule has 0 saturated heterocycles. The van der Waals surface area contributed by atoms with Gasteiger partial charge >= 0.3 is 5.97 Å². The third kappa shape index (κ3) is 5.19. The summed E-state index contributed by atoms with van der Waals surface area (Å²) in [6.45, 7) is 2.06. The zero-order chi connectivity index (χ0) is 15.0. The van der Waals surface area contributed by atoms with Crippen LogP contribution in [0.4, 0.5) is 4.39 Å². The largest absolute Gasteiger partial charge is 0.465 e. The van der Waals surface area contributed by atoms with Crippen LogP contribution in [-0.4, -0.2) is 24.4 Å². The van der Waals surface area contributed by atoms with E-state index < -0.39 is 11.9 Å². The van der Waals surface area contributed by atoms with Crippen molar-refractivity contribution < 1.29 is 13.9 Å². The van der Waals surface area contributed by atoms with E-state index in [1.165, 1.54) is 12.1 Å². The van der Waals surface area contributed by atoms with Crippen LogP contribution in [0.2, 0.25) is 0 Å². The van der Waals surface area contributed by atoms with Gasteiger partial charge in [-0.2, -0.15) is 17.0 Å². The van der Waals surface area contributed by atoms with Crippen LogP contribution >= 0.6 is 11.8 Å². The van der Waals surface area contributed by atoms with Crippen molar-refractivity contribution >= 4 is 17.7 Å². The summed E-state index contributed by atoms with van der Waals surface area (Å²) in [5.41, 5.74) is 6.59. The van der Waals surface area contributed by atoms with Gasteiger partial charge in [-0.15, -0.1) is 0 Å². The van der Waals surface area contributed by atoms with E-state index in [2.05, 4.69) is 0 Å². The summed E-state index contributed by atoms with van der Waals surface area (Å²) in [6, 6.07) is 5.67. The minimum Gasteiger partial charge on any atom is -0.465 e. The Balaban J connectivity index is 2.35. The van der Waals surface area contributed by atoms with Gasteiger partial charge in [0.15, 0.2) is 0 Å². The van der Waals surface area contributed by atoms with Crippen LogP contribution in [0.1, 0.15) is 24.5 Å². The lowest BCUT2D eigenvalue weighted by molar-refractivity contribution is -0.144. The van der Waals surface area contributed by atoms with E-state index in [1.807, 2.05) is 6.07 Å². The van der Waals surface area contributed by atoms with Gasteiger partial charge in [-0.25, -0.2) is 4.39 Å². The Morgan fingerprint density at radius 3 is 3.00 bits per heavy atom. The van der Waals surface area contributed by atoms with E-state index in [-0.39, 0.29) is 11.5 Å². The Kier molecular flexibility index (Phi) is 7.05. The molecule has 0 bridgehead atoms. The van der Waals surface area contributed by atoms with Gasteiger partial charge in [-0.1, -0.05) is 6.07 Å². The molecule has 0 spiro atoms. The first-order valence-corrected chi connectivity index (χ1v) is 7.42. The first-order valence-electron chi connectivity index (χ1n) is 6.27. The SMILES string of the molecule is CCOC(=O)C(N)CCSCc1ccc(F)c(C#N)c1. The second-order valence-electron chi connectivity index (χ2n) is 4.13. The van der Waals surface area contributed by atoms with Crippen molar-refractivity contribution in [2.75, 3.05) is 12.4 Å². The third-order valence-electron chi connectivity index (χ3n) is 2.58. The number of rotatable bonds is 7. The average molecular weight is 296 g/mol. The fourth-order valence-electron chi connectivity index (χ4n) is 1.52. The van der Waals surface area contributed by atoms with E-state index in [0.29, 0.717) is 24.5 Å². The fraction of sp³-hybridized carbons (Fsp3) is 0.429. The zero-order valence-electron chi connectivity index (χ0n) is 11.3. The highest BCUT2D eigenvalue weighted by Gasteiger charge is 2.13. The number of carbonyl (C=O) groups is 1. The molecule has 2 N–H and O–H groups in total. The van der Waals surface area contributed by atoms with E-state index in [0.717, 1.165) is 5.56 Å². The Hall–Kier alpha value is -1.58.